The summed E-state index contributed by atoms with van der Waals surface area (Å²) in [5.41, 5.74) is 9.06. The maximum Gasteiger partial charge on any atom is 0.315 e. The van der Waals surface area contributed by atoms with Gasteiger partial charge in [-0.2, -0.15) is 0 Å². The number of benzene rings is 2. The van der Waals surface area contributed by atoms with Gasteiger partial charge in [0.2, 0.25) is 5.91 Å². The van der Waals surface area contributed by atoms with E-state index < -0.39 is 0 Å². The largest absolute Gasteiger partial charge is 0.508 e. The number of phenols is 1. The first-order valence-corrected chi connectivity index (χ1v) is 11.9. The van der Waals surface area contributed by atoms with Crippen LogP contribution in [0.1, 0.15) is 29.2 Å². The molecule has 2 heterocycles. The molecule has 188 valence electrons. The third-order valence-corrected chi connectivity index (χ3v) is 6.64. The van der Waals surface area contributed by atoms with Crippen molar-refractivity contribution >= 4 is 11.9 Å². The van der Waals surface area contributed by atoms with Crippen LogP contribution in [0.3, 0.4) is 0 Å². The van der Waals surface area contributed by atoms with Crippen LogP contribution in [0.2, 0.25) is 0 Å². The fourth-order valence-corrected chi connectivity index (χ4v) is 4.49. The Bertz CT molecular complexity index is 1070. The van der Waals surface area contributed by atoms with Crippen molar-refractivity contribution < 1.29 is 19.1 Å². The topological polar surface area (TPSA) is 90.1 Å². The molecule has 2 aromatic rings. The van der Waals surface area contributed by atoms with E-state index in [4.69, 9.17) is 5.73 Å². The van der Waals surface area contributed by atoms with Gasteiger partial charge >= 0.3 is 6.03 Å². The Kier molecular flexibility index (Phi) is 8.87. The number of hydrogen-bond acceptors (Lipinski definition) is 4. The molecule has 0 radical (unpaired) electrons. The second-order valence-corrected chi connectivity index (χ2v) is 9.18. The van der Waals surface area contributed by atoms with E-state index in [9.17, 15) is 19.1 Å². The van der Waals surface area contributed by atoms with Crippen molar-refractivity contribution in [2.24, 2.45) is 5.73 Å². The van der Waals surface area contributed by atoms with Crippen LogP contribution in [0.15, 0.2) is 49.1 Å². The molecule has 2 aliphatic rings. The number of aromatic hydroxyl groups is 1. The molecule has 3 amide bonds. The number of primary amides is 1. The number of nitrogens with zero attached hydrogens (tertiary/aromatic N) is 3. The highest BCUT2D eigenvalue weighted by molar-refractivity contribution is 5.87. The molecule has 0 spiro atoms. The van der Waals surface area contributed by atoms with Crippen LogP contribution in [0.5, 0.6) is 5.75 Å². The summed E-state index contributed by atoms with van der Waals surface area (Å²) in [5.74, 6) is 0.140. The number of carbonyl (C=O) groups is 2. The highest BCUT2D eigenvalue weighted by Gasteiger charge is 2.25. The van der Waals surface area contributed by atoms with E-state index in [0.29, 0.717) is 18.7 Å². The fourth-order valence-electron chi connectivity index (χ4n) is 4.49. The van der Waals surface area contributed by atoms with Crippen molar-refractivity contribution in [1.29, 1.82) is 0 Å². The summed E-state index contributed by atoms with van der Waals surface area (Å²) >= 11 is 0. The van der Waals surface area contributed by atoms with E-state index in [0.717, 1.165) is 55.7 Å². The molecule has 1 fully saturated rings. The van der Waals surface area contributed by atoms with Gasteiger partial charge in [0.25, 0.3) is 0 Å². The number of hydrogen-bond donors (Lipinski definition) is 2. The SMILES string of the molecule is C=CC(=O)N1CCN(CCc2ccc(C)c(F)c2)C[C@H]1C.NC(=O)N1CCc2cc(O)ccc2C1. The molecular formula is C27H35FN4O3. The second-order valence-electron chi connectivity index (χ2n) is 9.18. The number of nitrogens with two attached hydrogens (primary N) is 1. The number of fused-ring (bicyclic) bond motifs is 1. The number of halogens is 1. The standard InChI is InChI=1S/C17H23FN2O.C10H12N2O2/c1-4-17(21)20-10-9-19(12-14(20)3)8-7-15-6-5-13(2)16(18)11-15;11-10(14)12-4-3-7-5-9(13)2-1-8(7)6-12/h4-6,11,14H,1,7-10,12H2,2-3H3;1-2,5,13H,3-4,6H2,(H2,11,14)/t14-;/m1./s1. The molecule has 3 N–H and O–H groups in total. The third kappa shape index (κ3) is 7.05. The van der Waals surface area contributed by atoms with Crippen LogP contribution in [-0.4, -0.2) is 70.5 Å². The van der Waals surface area contributed by atoms with Gasteiger partial charge < -0.3 is 20.6 Å². The summed E-state index contributed by atoms with van der Waals surface area (Å²) in [4.78, 5) is 28.4. The first-order chi connectivity index (χ1) is 16.7. The van der Waals surface area contributed by atoms with Gasteiger partial charge in [-0.3, -0.25) is 9.69 Å². The lowest BCUT2D eigenvalue weighted by Crippen LogP contribution is -2.53. The average molecular weight is 483 g/mol. The maximum absolute atomic E-state index is 13.5. The molecule has 0 unspecified atom stereocenters. The molecule has 1 atom stereocenters. The first kappa shape index (κ1) is 26.2. The van der Waals surface area contributed by atoms with E-state index >= 15 is 0 Å². The molecule has 7 nitrogen and oxygen atoms in total. The quantitative estimate of drug-likeness (QED) is 0.655. The van der Waals surface area contributed by atoms with E-state index in [2.05, 4.69) is 18.4 Å². The smallest absolute Gasteiger partial charge is 0.315 e. The Balaban J connectivity index is 0.000000211. The Morgan fingerprint density at radius 2 is 1.94 bits per heavy atom. The number of carbonyl (C=O) groups excluding carboxylic acids is 2. The van der Waals surface area contributed by atoms with Gasteiger partial charge in [-0.15, -0.1) is 0 Å². The molecule has 0 aliphatic carbocycles. The minimum absolute atomic E-state index is 0.00255. The molecule has 2 aromatic carbocycles. The summed E-state index contributed by atoms with van der Waals surface area (Å²) in [5, 5.41) is 9.26. The number of amides is 3. The highest BCUT2D eigenvalue weighted by atomic mass is 19.1. The average Bonchev–Trinajstić information content (AvgIpc) is 2.84. The van der Waals surface area contributed by atoms with Gasteiger partial charge in [0.1, 0.15) is 11.6 Å². The monoisotopic (exact) mass is 482 g/mol. The molecular weight excluding hydrogens is 447 g/mol. The van der Waals surface area contributed by atoms with Crippen molar-refractivity contribution in [2.45, 2.75) is 39.3 Å². The van der Waals surface area contributed by atoms with Gasteiger partial charge in [-0.05, 0) is 73.2 Å². The number of urea groups is 1. The molecule has 0 aromatic heterocycles. The van der Waals surface area contributed by atoms with Crippen molar-refractivity contribution in [3.8, 4) is 5.75 Å². The lowest BCUT2D eigenvalue weighted by Gasteiger charge is -2.39. The predicted molar refractivity (Wildman–Crippen MR) is 134 cm³/mol. The van der Waals surface area contributed by atoms with Crippen molar-refractivity contribution in [3.63, 3.8) is 0 Å². The van der Waals surface area contributed by atoms with Gasteiger partial charge in [0.05, 0.1) is 0 Å². The number of phenolic OH excluding ortho intramolecular Hbond substituents is 1. The lowest BCUT2D eigenvalue weighted by atomic mass is 10.00. The number of rotatable bonds is 4. The lowest BCUT2D eigenvalue weighted by molar-refractivity contribution is -0.130. The molecule has 0 bridgehead atoms. The second kappa shape index (κ2) is 11.8. The molecule has 0 saturated carbocycles. The minimum Gasteiger partial charge on any atom is -0.508 e. The minimum atomic E-state index is -0.385. The van der Waals surface area contributed by atoms with Gasteiger partial charge in [-0.1, -0.05) is 24.8 Å². The zero-order chi connectivity index (χ0) is 25.5. The van der Waals surface area contributed by atoms with Crippen LogP contribution < -0.4 is 5.73 Å². The number of piperazine rings is 1. The Hall–Kier alpha value is -3.39. The zero-order valence-electron chi connectivity index (χ0n) is 20.5. The Labute approximate surface area is 206 Å². The summed E-state index contributed by atoms with van der Waals surface area (Å²) in [6.45, 7) is 11.9. The van der Waals surface area contributed by atoms with Gasteiger partial charge in [0.15, 0.2) is 0 Å². The maximum atomic E-state index is 13.5. The predicted octanol–water partition coefficient (Wildman–Crippen LogP) is 3.22. The van der Waals surface area contributed by atoms with Crippen LogP contribution >= 0.6 is 0 Å². The summed E-state index contributed by atoms with van der Waals surface area (Å²) in [7, 11) is 0. The van der Waals surface area contributed by atoms with Gasteiger partial charge in [0, 0.05) is 45.3 Å². The van der Waals surface area contributed by atoms with Gasteiger partial charge in [-0.25, -0.2) is 9.18 Å². The van der Waals surface area contributed by atoms with Crippen LogP contribution in [0.25, 0.3) is 0 Å². The highest BCUT2D eigenvalue weighted by Crippen LogP contribution is 2.22. The van der Waals surface area contributed by atoms with Crippen molar-refractivity contribution in [3.05, 3.63) is 77.1 Å². The van der Waals surface area contributed by atoms with Crippen molar-refractivity contribution in [1.82, 2.24) is 14.7 Å². The van der Waals surface area contributed by atoms with E-state index in [1.54, 1.807) is 30.0 Å². The van der Waals surface area contributed by atoms with E-state index in [1.807, 2.05) is 23.1 Å². The normalized spacial score (nSPS) is 17.7. The Morgan fingerprint density at radius 3 is 2.60 bits per heavy atom. The van der Waals surface area contributed by atoms with Crippen LogP contribution in [-0.2, 0) is 24.2 Å². The summed E-state index contributed by atoms with van der Waals surface area (Å²) in [6, 6.07) is 10.4. The van der Waals surface area contributed by atoms with E-state index in [-0.39, 0.29) is 29.5 Å². The third-order valence-electron chi connectivity index (χ3n) is 6.64. The Morgan fingerprint density at radius 1 is 1.17 bits per heavy atom. The summed E-state index contributed by atoms with van der Waals surface area (Å²) in [6.07, 6.45) is 2.97. The molecule has 1 saturated heterocycles. The molecule has 35 heavy (non-hydrogen) atoms. The molecule has 8 heteroatoms. The number of aryl methyl sites for hydroxylation is 1. The fraction of sp³-hybridized carbons (Fsp3) is 0.407. The van der Waals surface area contributed by atoms with Crippen LogP contribution in [0.4, 0.5) is 9.18 Å². The van der Waals surface area contributed by atoms with E-state index in [1.165, 1.54) is 6.08 Å². The first-order valence-electron chi connectivity index (χ1n) is 11.9. The summed E-state index contributed by atoms with van der Waals surface area (Å²) < 4.78 is 13.5. The molecule has 2 aliphatic heterocycles. The zero-order valence-corrected chi connectivity index (χ0v) is 20.5. The van der Waals surface area contributed by atoms with Crippen molar-refractivity contribution in [2.75, 3.05) is 32.7 Å². The molecule has 4 rings (SSSR count). The van der Waals surface area contributed by atoms with Crippen LogP contribution in [0, 0.1) is 12.7 Å².